The molecule has 0 bridgehead atoms. The van der Waals surface area contributed by atoms with Crippen LogP contribution >= 0.6 is 9.27 Å². The summed E-state index contributed by atoms with van der Waals surface area (Å²) in [6.07, 6.45) is 0. The second-order valence-corrected chi connectivity index (χ2v) is 20.2. The SMILES string of the molecule is C[Si](c1ccccc1)(c1ccccc1)[c-]1[c-][c-][c-][c-]1.C[Si](c1ccccc1)(c1ccccc1)[c-]1cccc1.[Cl][Yb][Cl]. The van der Waals surface area contributed by atoms with E-state index in [0.29, 0.717) is 0 Å². The summed E-state index contributed by atoms with van der Waals surface area (Å²) in [6, 6.07) is 64.2. The van der Waals surface area contributed by atoms with Crippen molar-refractivity contribution in [2.75, 3.05) is 0 Å². The minimum absolute atomic E-state index is 0.139. The molecule has 0 aromatic heterocycles. The van der Waals surface area contributed by atoms with Crippen molar-refractivity contribution in [3.63, 3.8) is 0 Å². The quantitative estimate of drug-likeness (QED) is 0.154. The molecule has 0 unspecified atom stereocenters. The van der Waals surface area contributed by atoms with Gasteiger partial charge in [-0.2, -0.15) is 17.3 Å². The van der Waals surface area contributed by atoms with Crippen LogP contribution in [0.4, 0.5) is 0 Å². The molecule has 0 saturated heterocycles. The fourth-order valence-corrected chi connectivity index (χ4v) is 12.0. The Kier molecular flexibility index (Phi) is 12.6. The molecule has 6 rings (SSSR count). The molecule has 0 spiro atoms. The van der Waals surface area contributed by atoms with Crippen molar-refractivity contribution >= 4 is 56.5 Å². The van der Waals surface area contributed by atoms with E-state index in [0.717, 1.165) is 5.19 Å². The van der Waals surface area contributed by atoms with Crippen LogP contribution in [0.2, 0.25) is 13.1 Å². The van der Waals surface area contributed by atoms with E-state index in [-0.39, 0.29) is 38.9 Å². The van der Waals surface area contributed by atoms with E-state index in [2.05, 4.69) is 183 Å². The summed E-state index contributed by atoms with van der Waals surface area (Å²) in [5.74, 6) is 0. The van der Waals surface area contributed by atoms with Gasteiger partial charge in [-0.3, -0.25) is 0 Å². The standard InChI is InChI=1S/C18H17Si.C18H13Si.2ClH.Yb/c2*1-19(18-14-8-9-15-18,16-10-4-2-5-11-16)17-12-6-3-7-13-17;;;/h2-15H,1H3;2-7,10-13H,1H3;2*1H;/q-1;-5;;;+2/p-2. The summed E-state index contributed by atoms with van der Waals surface area (Å²) in [5.41, 5.74) is 0. The van der Waals surface area contributed by atoms with Crippen LogP contribution < -0.4 is 31.1 Å². The van der Waals surface area contributed by atoms with E-state index in [1.165, 1.54) is 25.9 Å². The second-order valence-electron chi connectivity index (χ2n) is 9.80. The van der Waals surface area contributed by atoms with E-state index in [1.807, 2.05) is 0 Å². The summed E-state index contributed by atoms with van der Waals surface area (Å²) in [4.78, 5) is 0. The van der Waals surface area contributed by atoms with Crippen molar-refractivity contribution in [1.29, 1.82) is 0 Å². The topological polar surface area (TPSA) is 0 Å². The molecular weight excluding hydrogens is 733 g/mol. The molecule has 0 fully saturated rings. The molecule has 216 valence electrons. The van der Waals surface area contributed by atoms with E-state index in [1.54, 1.807) is 0 Å². The van der Waals surface area contributed by atoms with Crippen LogP contribution in [-0.4, -0.2) is 16.1 Å². The van der Waals surface area contributed by atoms with E-state index < -0.39 is 16.1 Å². The van der Waals surface area contributed by atoms with Crippen LogP contribution in [0.25, 0.3) is 0 Å². The predicted molar refractivity (Wildman–Crippen MR) is 178 cm³/mol. The van der Waals surface area contributed by atoms with Gasteiger partial charge in [0.2, 0.25) is 0 Å². The van der Waals surface area contributed by atoms with Gasteiger partial charge in [0.05, 0.1) is 8.07 Å². The molecule has 0 N–H and O–H groups in total. The Morgan fingerprint density at radius 3 is 1.10 bits per heavy atom. The van der Waals surface area contributed by atoms with Gasteiger partial charge in [-0.1, -0.05) is 163 Å². The summed E-state index contributed by atoms with van der Waals surface area (Å²) >= 11 is -0.139. The predicted octanol–water partition coefficient (Wildman–Crippen LogP) is 5.59. The van der Waals surface area contributed by atoms with Crippen molar-refractivity contribution < 1.29 is 38.9 Å². The molecule has 0 radical (unpaired) electrons. The summed E-state index contributed by atoms with van der Waals surface area (Å²) in [5, 5.41) is 8.25. The van der Waals surface area contributed by atoms with Gasteiger partial charge in [0.25, 0.3) is 0 Å². The maximum atomic E-state index is 4.82. The zero-order chi connectivity index (χ0) is 29.0. The third kappa shape index (κ3) is 7.74. The van der Waals surface area contributed by atoms with Crippen molar-refractivity contribution in [1.82, 2.24) is 0 Å². The van der Waals surface area contributed by atoms with Crippen LogP contribution in [0.3, 0.4) is 0 Å². The monoisotopic (exact) mass is 762 g/mol. The van der Waals surface area contributed by atoms with Gasteiger partial charge in [-0.15, -0.1) is 0 Å². The molecule has 0 aliphatic carbocycles. The summed E-state index contributed by atoms with van der Waals surface area (Å²) in [7, 11) is -3.82. The van der Waals surface area contributed by atoms with Gasteiger partial charge in [-0.05, 0) is 0 Å². The minimum atomic E-state index is -2.00. The third-order valence-corrected chi connectivity index (χ3v) is 16.3. The molecule has 0 nitrogen and oxygen atoms in total. The molecule has 6 aromatic carbocycles. The van der Waals surface area contributed by atoms with Gasteiger partial charge in [-0.25, -0.2) is 12.1 Å². The second kappa shape index (κ2) is 16.1. The molecule has 0 heterocycles. The molecule has 6 aromatic rings. The zero-order valence-electron chi connectivity index (χ0n) is 22.9. The average molecular weight is 763 g/mol. The first-order chi connectivity index (χ1) is 20.0. The van der Waals surface area contributed by atoms with E-state index in [4.69, 9.17) is 9.27 Å². The van der Waals surface area contributed by atoms with Crippen LogP contribution in [0.1, 0.15) is 0 Å². The van der Waals surface area contributed by atoms with Crippen molar-refractivity contribution in [3.8, 4) is 0 Å². The molecule has 0 atom stereocenters. The van der Waals surface area contributed by atoms with E-state index >= 15 is 0 Å². The zero-order valence-corrected chi connectivity index (χ0v) is 28.1. The molecule has 0 amide bonds. The Labute approximate surface area is 275 Å². The average Bonchev–Trinajstić information content (AvgIpc) is 3.79. The first-order valence-electron chi connectivity index (χ1n) is 13.2. The van der Waals surface area contributed by atoms with Crippen LogP contribution in [0, 0.1) is 63.2 Å². The third-order valence-electron chi connectivity index (χ3n) is 7.58. The van der Waals surface area contributed by atoms with Crippen LogP contribution in [0.15, 0.2) is 146 Å². The summed E-state index contributed by atoms with van der Waals surface area (Å²) in [6.45, 7) is 4.77. The Morgan fingerprint density at radius 1 is 0.488 bits per heavy atom. The number of hydrogen-bond acceptors (Lipinski definition) is 0. The van der Waals surface area contributed by atoms with Crippen molar-refractivity contribution in [2.24, 2.45) is 0 Å². The normalized spacial score (nSPS) is 11.1. The van der Waals surface area contributed by atoms with Crippen LogP contribution in [0.5, 0.6) is 0 Å². The number of hydrogen-bond donors (Lipinski definition) is 0. The maximum absolute atomic E-state index is 4.82. The molecule has 5 heteroatoms. The first kappa shape index (κ1) is 32.0. The Bertz CT molecular complexity index is 1320. The summed E-state index contributed by atoms with van der Waals surface area (Å²) < 4.78 is 9.64. The molecule has 41 heavy (non-hydrogen) atoms. The Morgan fingerprint density at radius 2 is 0.780 bits per heavy atom. The number of benzene rings is 4. The Balaban J connectivity index is 0.000000173. The van der Waals surface area contributed by atoms with Gasteiger partial charge >= 0.3 is 48.2 Å². The number of halogens is 2. The fraction of sp³-hybridized carbons (Fsp3) is 0.0556. The fourth-order valence-electron chi connectivity index (χ4n) is 5.22. The first-order valence-corrected chi connectivity index (χ1v) is 22.5. The number of rotatable bonds is 6. The van der Waals surface area contributed by atoms with Gasteiger partial charge in [0, 0.05) is 0 Å². The van der Waals surface area contributed by atoms with E-state index in [9.17, 15) is 0 Å². The molecule has 0 aliphatic heterocycles. The van der Waals surface area contributed by atoms with Crippen molar-refractivity contribution in [2.45, 2.75) is 13.1 Å². The Hall–Kier alpha value is -1.89. The van der Waals surface area contributed by atoms with Gasteiger partial charge < -0.3 is 29.5 Å². The molecule has 0 saturated carbocycles. The van der Waals surface area contributed by atoms with Gasteiger partial charge in [0.1, 0.15) is 0 Å². The molecular formula is C36H30Cl2Si2Yb-6. The van der Waals surface area contributed by atoms with Crippen molar-refractivity contribution in [3.05, 3.63) is 170 Å². The van der Waals surface area contributed by atoms with Crippen LogP contribution in [-0.2, 0) is 0 Å². The van der Waals surface area contributed by atoms with Gasteiger partial charge in [0.15, 0.2) is 0 Å². The molecule has 0 aliphatic rings.